The molecule has 0 aromatic rings. The molecule has 1 heterocycles. The highest BCUT2D eigenvalue weighted by Gasteiger charge is 2.29. The average molecular weight is 159 g/mol. The molecule has 0 aromatic heterocycles. The zero-order valence-electron chi connectivity index (χ0n) is 6.45. The third-order valence-corrected chi connectivity index (χ3v) is 2.14. The quantitative estimate of drug-likeness (QED) is 0.479. The fraction of sp³-hybridized carbons (Fsp3) is 0.857. The summed E-state index contributed by atoms with van der Waals surface area (Å²) in [6.07, 6.45) is 0.113. The lowest BCUT2D eigenvalue weighted by molar-refractivity contribution is -0.141. The second kappa shape index (κ2) is 3.19. The van der Waals surface area contributed by atoms with Gasteiger partial charge in [0.15, 0.2) is 0 Å². The number of hydrogen-bond donors (Lipinski definition) is 3. The Balaban J connectivity index is 2.46. The SMILES string of the molecule is CC1C[C@@H](C(=O)O)NC[C@@H]1O. The number of β-amino-alcohol motifs (C(OH)–C–C–N with tert-alkyl or cyclic N) is 1. The Morgan fingerprint density at radius 1 is 1.64 bits per heavy atom. The van der Waals surface area contributed by atoms with Crippen molar-refractivity contribution in [3.05, 3.63) is 0 Å². The van der Waals surface area contributed by atoms with Gasteiger partial charge in [-0.1, -0.05) is 6.92 Å². The minimum absolute atomic E-state index is 0.0809. The van der Waals surface area contributed by atoms with Crippen LogP contribution in [0.25, 0.3) is 0 Å². The van der Waals surface area contributed by atoms with E-state index in [1.165, 1.54) is 0 Å². The fourth-order valence-electron chi connectivity index (χ4n) is 1.26. The molecule has 0 saturated carbocycles. The van der Waals surface area contributed by atoms with Crippen LogP contribution in [-0.2, 0) is 4.79 Å². The molecule has 1 unspecified atom stereocenters. The number of aliphatic hydroxyl groups excluding tert-OH is 1. The minimum Gasteiger partial charge on any atom is -0.480 e. The molecule has 1 aliphatic heterocycles. The standard InChI is InChI=1S/C7H13NO3/c1-4-2-5(7(10)11)8-3-6(4)9/h4-6,8-9H,2-3H2,1H3,(H,10,11)/t4?,5-,6-/m0/s1. The largest absolute Gasteiger partial charge is 0.480 e. The van der Waals surface area contributed by atoms with E-state index in [4.69, 9.17) is 5.11 Å². The van der Waals surface area contributed by atoms with Gasteiger partial charge in [-0.25, -0.2) is 0 Å². The van der Waals surface area contributed by atoms with Gasteiger partial charge in [-0.2, -0.15) is 0 Å². The average Bonchev–Trinajstić information content (AvgIpc) is 1.94. The number of carboxylic acid groups (broad SMARTS) is 1. The van der Waals surface area contributed by atoms with Gasteiger partial charge in [-0.3, -0.25) is 4.79 Å². The van der Waals surface area contributed by atoms with Crippen LogP contribution in [0.15, 0.2) is 0 Å². The van der Waals surface area contributed by atoms with Gasteiger partial charge in [0.2, 0.25) is 0 Å². The van der Waals surface area contributed by atoms with Crippen LogP contribution in [0, 0.1) is 5.92 Å². The molecule has 4 heteroatoms. The highest BCUT2D eigenvalue weighted by atomic mass is 16.4. The smallest absolute Gasteiger partial charge is 0.320 e. The summed E-state index contributed by atoms with van der Waals surface area (Å²) in [5, 5.41) is 20.6. The van der Waals surface area contributed by atoms with Crippen LogP contribution in [0.5, 0.6) is 0 Å². The van der Waals surface area contributed by atoms with Crippen LogP contribution in [0.4, 0.5) is 0 Å². The number of aliphatic hydroxyl groups is 1. The van der Waals surface area contributed by atoms with Gasteiger partial charge >= 0.3 is 5.97 Å². The van der Waals surface area contributed by atoms with E-state index in [1.54, 1.807) is 0 Å². The van der Waals surface area contributed by atoms with E-state index in [1.807, 2.05) is 6.92 Å². The lowest BCUT2D eigenvalue weighted by atomic mass is 9.92. The van der Waals surface area contributed by atoms with Crippen molar-refractivity contribution >= 4 is 5.97 Å². The molecule has 0 aromatic carbocycles. The van der Waals surface area contributed by atoms with E-state index >= 15 is 0 Å². The maximum atomic E-state index is 10.5. The van der Waals surface area contributed by atoms with Crippen molar-refractivity contribution in [3.63, 3.8) is 0 Å². The molecular formula is C7H13NO3. The second-order valence-corrected chi connectivity index (χ2v) is 3.08. The van der Waals surface area contributed by atoms with Gasteiger partial charge in [-0.05, 0) is 12.3 Å². The number of hydrogen-bond acceptors (Lipinski definition) is 3. The van der Waals surface area contributed by atoms with Crippen molar-refractivity contribution < 1.29 is 15.0 Å². The third-order valence-electron chi connectivity index (χ3n) is 2.14. The molecule has 0 amide bonds. The van der Waals surface area contributed by atoms with E-state index in [-0.39, 0.29) is 5.92 Å². The first-order chi connectivity index (χ1) is 5.11. The zero-order chi connectivity index (χ0) is 8.43. The maximum Gasteiger partial charge on any atom is 0.320 e. The predicted octanol–water partition coefficient (Wildman–Crippen LogP) is -0.570. The number of piperidine rings is 1. The molecule has 1 aliphatic rings. The van der Waals surface area contributed by atoms with Gasteiger partial charge in [0.05, 0.1) is 6.10 Å². The molecule has 4 nitrogen and oxygen atoms in total. The number of carbonyl (C=O) groups is 1. The highest BCUT2D eigenvalue weighted by molar-refractivity contribution is 5.73. The summed E-state index contributed by atoms with van der Waals surface area (Å²) < 4.78 is 0. The summed E-state index contributed by atoms with van der Waals surface area (Å²) in [5.41, 5.74) is 0. The van der Waals surface area contributed by atoms with Crippen LogP contribution in [-0.4, -0.2) is 34.9 Å². The van der Waals surface area contributed by atoms with Gasteiger partial charge in [0, 0.05) is 6.54 Å². The predicted molar refractivity (Wildman–Crippen MR) is 39.2 cm³/mol. The maximum absolute atomic E-state index is 10.5. The molecule has 3 atom stereocenters. The molecular weight excluding hydrogens is 146 g/mol. The van der Waals surface area contributed by atoms with Crippen LogP contribution < -0.4 is 5.32 Å². The van der Waals surface area contributed by atoms with Crippen molar-refractivity contribution in [1.82, 2.24) is 5.32 Å². The molecule has 0 radical (unpaired) electrons. The van der Waals surface area contributed by atoms with Crippen molar-refractivity contribution in [2.75, 3.05) is 6.54 Å². The molecule has 0 bridgehead atoms. The highest BCUT2D eigenvalue weighted by Crippen LogP contribution is 2.15. The number of carboxylic acids is 1. The Kier molecular flexibility index (Phi) is 2.46. The third kappa shape index (κ3) is 1.91. The summed E-state index contributed by atoms with van der Waals surface area (Å²) in [6, 6.07) is -0.478. The van der Waals surface area contributed by atoms with E-state index < -0.39 is 18.1 Å². The summed E-state index contributed by atoms with van der Waals surface area (Å²) >= 11 is 0. The fourth-order valence-corrected chi connectivity index (χ4v) is 1.26. The number of aliphatic carboxylic acids is 1. The second-order valence-electron chi connectivity index (χ2n) is 3.08. The normalized spacial score (nSPS) is 38.5. The Morgan fingerprint density at radius 3 is 2.73 bits per heavy atom. The van der Waals surface area contributed by atoms with Crippen molar-refractivity contribution in [3.8, 4) is 0 Å². The first-order valence-corrected chi connectivity index (χ1v) is 3.75. The molecule has 0 aliphatic carbocycles. The first kappa shape index (κ1) is 8.49. The molecule has 3 N–H and O–H groups in total. The topological polar surface area (TPSA) is 69.6 Å². The number of rotatable bonds is 1. The van der Waals surface area contributed by atoms with Crippen LogP contribution >= 0.6 is 0 Å². The van der Waals surface area contributed by atoms with Gasteiger partial charge in [0.25, 0.3) is 0 Å². The lowest BCUT2D eigenvalue weighted by Gasteiger charge is -2.29. The van der Waals surface area contributed by atoms with Crippen molar-refractivity contribution in [2.45, 2.75) is 25.5 Å². The molecule has 1 saturated heterocycles. The first-order valence-electron chi connectivity index (χ1n) is 3.75. The summed E-state index contributed by atoms with van der Waals surface area (Å²) in [6.45, 7) is 2.25. The molecule has 0 spiro atoms. The molecule has 1 rings (SSSR count). The van der Waals surface area contributed by atoms with Crippen LogP contribution in [0.1, 0.15) is 13.3 Å². The van der Waals surface area contributed by atoms with E-state index in [0.29, 0.717) is 13.0 Å². The van der Waals surface area contributed by atoms with E-state index in [9.17, 15) is 9.90 Å². The molecule has 1 fully saturated rings. The zero-order valence-corrected chi connectivity index (χ0v) is 6.45. The van der Waals surface area contributed by atoms with Crippen molar-refractivity contribution in [1.29, 1.82) is 0 Å². The van der Waals surface area contributed by atoms with Crippen LogP contribution in [0.3, 0.4) is 0 Å². The Bertz CT molecular complexity index is 160. The summed E-state index contributed by atoms with van der Waals surface area (Å²) in [7, 11) is 0. The molecule has 64 valence electrons. The lowest BCUT2D eigenvalue weighted by Crippen LogP contribution is -2.49. The van der Waals surface area contributed by atoms with Gasteiger partial charge in [-0.15, -0.1) is 0 Å². The van der Waals surface area contributed by atoms with Crippen molar-refractivity contribution in [2.24, 2.45) is 5.92 Å². The van der Waals surface area contributed by atoms with E-state index in [0.717, 1.165) is 0 Å². The summed E-state index contributed by atoms with van der Waals surface area (Å²) in [5.74, 6) is -0.749. The Hall–Kier alpha value is -0.610. The van der Waals surface area contributed by atoms with Gasteiger partial charge in [0.1, 0.15) is 6.04 Å². The van der Waals surface area contributed by atoms with E-state index in [2.05, 4.69) is 5.32 Å². The monoisotopic (exact) mass is 159 g/mol. The Morgan fingerprint density at radius 2 is 2.27 bits per heavy atom. The summed E-state index contributed by atoms with van der Waals surface area (Å²) in [4.78, 5) is 10.5. The Labute approximate surface area is 65.2 Å². The molecule has 11 heavy (non-hydrogen) atoms. The van der Waals surface area contributed by atoms with Crippen LogP contribution in [0.2, 0.25) is 0 Å². The van der Waals surface area contributed by atoms with Gasteiger partial charge < -0.3 is 15.5 Å². The number of nitrogens with one attached hydrogen (secondary N) is 1. The minimum atomic E-state index is -0.830.